The van der Waals surface area contributed by atoms with Crippen molar-refractivity contribution in [1.29, 1.82) is 0 Å². The van der Waals surface area contributed by atoms with Crippen LogP contribution in [0.4, 0.5) is 11.4 Å². The molecule has 0 heterocycles. The molecule has 2 aromatic rings. The molecule has 0 saturated carbocycles. The number of halogens is 1. The summed E-state index contributed by atoms with van der Waals surface area (Å²) in [7, 11) is 0. The van der Waals surface area contributed by atoms with E-state index < -0.39 is 0 Å². The molecule has 0 fully saturated rings. The van der Waals surface area contributed by atoms with Gasteiger partial charge in [0.2, 0.25) is 0 Å². The molecule has 0 aliphatic carbocycles. The average molecular weight is 412 g/mol. The predicted octanol–water partition coefficient (Wildman–Crippen LogP) is 4.81. The molecule has 0 aliphatic heterocycles. The van der Waals surface area contributed by atoms with E-state index >= 15 is 0 Å². The fourth-order valence-corrected chi connectivity index (χ4v) is 2.76. The highest BCUT2D eigenvalue weighted by Crippen LogP contribution is 2.24. The Kier molecular flexibility index (Phi) is 5.81. The van der Waals surface area contributed by atoms with Gasteiger partial charge in [0, 0.05) is 9.26 Å². The zero-order valence-electron chi connectivity index (χ0n) is 11.9. The van der Waals surface area contributed by atoms with Gasteiger partial charge >= 0.3 is 0 Å². The molecular weight excluding hydrogens is 395 g/mol. The Morgan fingerprint density at radius 1 is 1.14 bits per heavy atom. The molecule has 0 aromatic heterocycles. The number of benzene rings is 2. The number of ether oxygens (including phenoxy) is 1. The topological polar surface area (TPSA) is 33.3 Å². The lowest BCUT2D eigenvalue weighted by molar-refractivity contribution is 0.342. The summed E-state index contributed by atoms with van der Waals surface area (Å²) >= 11 is 7.67. The van der Waals surface area contributed by atoms with Crippen molar-refractivity contribution >= 4 is 51.3 Å². The van der Waals surface area contributed by atoms with Gasteiger partial charge in [-0.1, -0.05) is 12.1 Å². The molecule has 2 rings (SSSR count). The van der Waals surface area contributed by atoms with E-state index in [1.165, 1.54) is 3.57 Å². The van der Waals surface area contributed by atoms with Crippen LogP contribution in [0.1, 0.15) is 12.5 Å². The van der Waals surface area contributed by atoms with Gasteiger partial charge < -0.3 is 15.4 Å². The van der Waals surface area contributed by atoms with Crippen LogP contribution in [-0.2, 0) is 0 Å². The maximum absolute atomic E-state index is 5.58. The first kappa shape index (κ1) is 16.0. The van der Waals surface area contributed by atoms with E-state index in [1.54, 1.807) is 0 Å². The van der Waals surface area contributed by atoms with Crippen LogP contribution in [0, 0.1) is 10.5 Å². The molecular formula is C16H17IN2OS. The van der Waals surface area contributed by atoms with Gasteiger partial charge in [0.25, 0.3) is 0 Å². The maximum atomic E-state index is 5.58. The highest BCUT2D eigenvalue weighted by Gasteiger charge is 2.06. The summed E-state index contributed by atoms with van der Waals surface area (Å²) in [6.07, 6.45) is 0. The molecule has 0 saturated heterocycles. The molecule has 5 heteroatoms. The van der Waals surface area contributed by atoms with Gasteiger partial charge in [0.1, 0.15) is 5.75 Å². The van der Waals surface area contributed by atoms with E-state index in [1.807, 2.05) is 43.3 Å². The normalized spacial score (nSPS) is 10.0. The predicted molar refractivity (Wildman–Crippen MR) is 101 cm³/mol. The van der Waals surface area contributed by atoms with Gasteiger partial charge in [-0.25, -0.2) is 0 Å². The number of anilines is 2. The SMILES string of the molecule is CCOc1ccccc1NC(=S)Nc1ccc(I)cc1C. The van der Waals surface area contributed by atoms with Gasteiger partial charge in [0.15, 0.2) is 5.11 Å². The van der Waals surface area contributed by atoms with Gasteiger partial charge in [-0.15, -0.1) is 0 Å². The maximum Gasteiger partial charge on any atom is 0.175 e. The van der Waals surface area contributed by atoms with Crippen molar-refractivity contribution in [2.24, 2.45) is 0 Å². The largest absolute Gasteiger partial charge is 0.492 e. The lowest BCUT2D eigenvalue weighted by Gasteiger charge is -2.15. The van der Waals surface area contributed by atoms with Crippen LogP contribution in [0.5, 0.6) is 5.75 Å². The van der Waals surface area contributed by atoms with Crippen LogP contribution in [0.3, 0.4) is 0 Å². The minimum Gasteiger partial charge on any atom is -0.492 e. The Balaban J connectivity index is 2.08. The molecule has 21 heavy (non-hydrogen) atoms. The summed E-state index contributed by atoms with van der Waals surface area (Å²) in [4.78, 5) is 0. The average Bonchev–Trinajstić information content (AvgIpc) is 2.44. The fourth-order valence-electron chi connectivity index (χ4n) is 1.89. The Labute approximate surface area is 144 Å². The van der Waals surface area contributed by atoms with Crippen molar-refractivity contribution in [2.45, 2.75) is 13.8 Å². The monoisotopic (exact) mass is 412 g/mol. The van der Waals surface area contributed by atoms with Crippen LogP contribution in [-0.4, -0.2) is 11.7 Å². The highest BCUT2D eigenvalue weighted by molar-refractivity contribution is 14.1. The Hall–Kier alpha value is -1.34. The third kappa shape index (κ3) is 4.57. The number of hydrogen-bond acceptors (Lipinski definition) is 2. The van der Waals surface area contributed by atoms with Crippen LogP contribution in [0.15, 0.2) is 42.5 Å². The Morgan fingerprint density at radius 3 is 2.57 bits per heavy atom. The lowest BCUT2D eigenvalue weighted by Crippen LogP contribution is -2.20. The zero-order chi connectivity index (χ0) is 15.2. The van der Waals surface area contributed by atoms with E-state index in [9.17, 15) is 0 Å². The minimum atomic E-state index is 0.548. The molecule has 3 nitrogen and oxygen atoms in total. The van der Waals surface area contributed by atoms with Crippen LogP contribution >= 0.6 is 34.8 Å². The second kappa shape index (κ2) is 7.61. The molecule has 0 amide bonds. The standard InChI is InChI=1S/C16H17IN2OS/c1-3-20-15-7-5-4-6-14(15)19-16(21)18-13-9-8-12(17)10-11(13)2/h4-10H,3H2,1-2H3,(H2,18,19,21). The van der Waals surface area contributed by atoms with Crippen molar-refractivity contribution in [3.63, 3.8) is 0 Å². The van der Waals surface area contributed by atoms with E-state index in [2.05, 4.69) is 46.2 Å². The molecule has 0 atom stereocenters. The molecule has 2 aromatic carbocycles. The number of aryl methyl sites for hydroxylation is 1. The number of para-hydroxylation sites is 2. The first-order chi connectivity index (χ1) is 10.1. The summed E-state index contributed by atoms with van der Waals surface area (Å²) in [6, 6.07) is 13.9. The molecule has 0 radical (unpaired) electrons. The fraction of sp³-hybridized carbons (Fsp3) is 0.188. The third-order valence-electron chi connectivity index (χ3n) is 2.87. The van der Waals surface area contributed by atoms with E-state index in [-0.39, 0.29) is 0 Å². The highest BCUT2D eigenvalue weighted by atomic mass is 127. The smallest absolute Gasteiger partial charge is 0.175 e. The molecule has 110 valence electrons. The van der Waals surface area contributed by atoms with Crippen molar-refractivity contribution in [3.8, 4) is 5.75 Å². The first-order valence-corrected chi connectivity index (χ1v) is 8.15. The van der Waals surface area contributed by atoms with E-state index in [0.29, 0.717) is 11.7 Å². The summed E-state index contributed by atoms with van der Waals surface area (Å²) in [5, 5.41) is 6.94. The molecule has 0 unspecified atom stereocenters. The number of hydrogen-bond donors (Lipinski definition) is 2. The van der Waals surface area contributed by atoms with Gasteiger partial charge in [-0.05, 0) is 84.6 Å². The summed E-state index contributed by atoms with van der Waals surface area (Å²) in [5.74, 6) is 0.795. The third-order valence-corrected chi connectivity index (χ3v) is 3.75. The summed E-state index contributed by atoms with van der Waals surface area (Å²) < 4.78 is 6.78. The summed E-state index contributed by atoms with van der Waals surface area (Å²) in [6.45, 7) is 4.64. The van der Waals surface area contributed by atoms with Crippen LogP contribution in [0.2, 0.25) is 0 Å². The number of thiocarbonyl (C=S) groups is 1. The molecule has 0 aliphatic rings. The molecule has 2 N–H and O–H groups in total. The quantitative estimate of drug-likeness (QED) is 0.558. The lowest BCUT2D eigenvalue weighted by atomic mass is 10.2. The van der Waals surface area contributed by atoms with Crippen molar-refractivity contribution in [1.82, 2.24) is 0 Å². The minimum absolute atomic E-state index is 0.548. The van der Waals surface area contributed by atoms with Crippen LogP contribution < -0.4 is 15.4 Å². The molecule has 0 bridgehead atoms. The van der Waals surface area contributed by atoms with Gasteiger partial charge in [0.05, 0.1) is 12.3 Å². The zero-order valence-corrected chi connectivity index (χ0v) is 14.9. The summed E-state index contributed by atoms with van der Waals surface area (Å²) in [5.41, 5.74) is 3.02. The number of nitrogens with one attached hydrogen (secondary N) is 2. The Morgan fingerprint density at radius 2 is 1.86 bits per heavy atom. The van der Waals surface area contributed by atoms with Gasteiger partial charge in [-0.2, -0.15) is 0 Å². The van der Waals surface area contributed by atoms with E-state index in [4.69, 9.17) is 17.0 Å². The number of rotatable bonds is 4. The van der Waals surface area contributed by atoms with Crippen molar-refractivity contribution < 1.29 is 4.74 Å². The second-order valence-corrected chi connectivity index (χ2v) is 6.12. The van der Waals surface area contributed by atoms with Gasteiger partial charge in [-0.3, -0.25) is 0 Å². The first-order valence-electron chi connectivity index (χ1n) is 6.66. The van der Waals surface area contributed by atoms with Crippen molar-refractivity contribution in [2.75, 3.05) is 17.2 Å². The second-order valence-electron chi connectivity index (χ2n) is 4.47. The van der Waals surface area contributed by atoms with E-state index in [0.717, 1.165) is 22.7 Å². The molecule has 0 spiro atoms. The van der Waals surface area contributed by atoms with Crippen molar-refractivity contribution in [3.05, 3.63) is 51.6 Å². The van der Waals surface area contributed by atoms with Crippen LogP contribution in [0.25, 0.3) is 0 Å². The Bertz CT molecular complexity index is 646.